The lowest BCUT2D eigenvalue weighted by atomic mass is 10.3. The highest BCUT2D eigenvalue weighted by molar-refractivity contribution is 4.79. The maximum absolute atomic E-state index is 9.04. The van der Waals surface area contributed by atoms with Crippen molar-refractivity contribution in [1.29, 1.82) is 0 Å². The number of aliphatic hydroxyl groups is 2. The lowest BCUT2D eigenvalue weighted by molar-refractivity contribution is -0.350. The van der Waals surface area contributed by atoms with Gasteiger partial charge in [0.15, 0.2) is 0 Å². The molecule has 1 aliphatic rings. The van der Waals surface area contributed by atoms with Gasteiger partial charge in [-0.3, -0.25) is 0 Å². The number of hydrogen-bond acceptors (Lipinski definition) is 4. The van der Waals surface area contributed by atoms with Gasteiger partial charge in [-0.05, 0) is 0 Å². The minimum absolute atomic E-state index is 0.296. The Morgan fingerprint density at radius 1 is 1.89 bits per heavy atom. The lowest BCUT2D eigenvalue weighted by Crippen LogP contribution is -2.40. The monoisotopic (exact) mass is 133 g/mol. The molecule has 1 rings (SSSR count). The second kappa shape index (κ2) is 2.22. The van der Waals surface area contributed by atoms with Crippen molar-refractivity contribution in [3.63, 3.8) is 0 Å². The smallest absolute Gasteiger partial charge is 0.308 e. The Kier molecular flexibility index (Phi) is 1.72. The Morgan fingerprint density at radius 2 is 2.56 bits per heavy atom. The molecular weight excluding hydrogens is 124 g/mol. The molecule has 1 aliphatic heterocycles. The molecule has 0 aromatic rings. The maximum Gasteiger partial charge on any atom is 0.308 e. The van der Waals surface area contributed by atoms with Crippen LogP contribution >= 0.6 is 0 Å². The van der Waals surface area contributed by atoms with Gasteiger partial charge in [0.25, 0.3) is 0 Å². The van der Waals surface area contributed by atoms with Crippen LogP contribution in [0.2, 0.25) is 0 Å². The van der Waals surface area contributed by atoms with E-state index in [-0.39, 0.29) is 0 Å². The van der Waals surface area contributed by atoms with Crippen molar-refractivity contribution < 1.29 is 19.7 Å². The van der Waals surface area contributed by atoms with Gasteiger partial charge >= 0.3 is 5.97 Å². The third-order valence-electron chi connectivity index (χ3n) is 1.29. The van der Waals surface area contributed by atoms with Gasteiger partial charge in [-0.15, -0.1) is 0 Å². The van der Waals surface area contributed by atoms with Crippen LogP contribution in [-0.2, 0) is 9.47 Å². The first-order chi connectivity index (χ1) is 4.19. The fraction of sp³-hybridized carbons (Fsp3) is 0.800. The van der Waals surface area contributed by atoms with E-state index in [0.717, 1.165) is 0 Å². The van der Waals surface area contributed by atoms with E-state index in [9.17, 15) is 0 Å². The number of hydrogen-bond donors (Lipinski definition) is 2. The highest BCUT2D eigenvalue weighted by Gasteiger charge is 2.42. The second-order valence-electron chi connectivity index (χ2n) is 1.87. The summed E-state index contributed by atoms with van der Waals surface area (Å²) in [5, 5.41) is 18.0. The third-order valence-corrected chi connectivity index (χ3v) is 1.29. The van der Waals surface area contributed by atoms with Gasteiger partial charge < -0.3 is 19.7 Å². The largest absolute Gasteiger partial charge is 0.385 e. The van der Waals surface area contributed by atoms with Crippen LogP contribution in [0.25, 0.3) is 0 Å². The summed E-state index contributed by atoms with van der Waals surface area (Å²) in [4.78, 5) is 0. The molecule has 0 saturated carbocycles. The molecule has 0 bridgehead atoms. The zero-order valence-corrected chi connectivity index (χ0v) is 5.07. The van der Waals surface area contributed by atoms with Crippen LogP contribution in [0.1, 0.15) is 6.42 Å². The first-order valence-corrected chi connectivity index (χ1v) is 2.64. The Labute approximate surface area is 53.0 Å². The molecule has 2 N–H and O–H groups in total. The van der Waals surface area contributed by atoms with E-state index in [1.807, 2.05) is 0 Å². The summed E-state index contributed by atoms with van der Waals surface area (Å²) in [6, 6.07) is 0. The van der Waals surface area contributed by atoms with E-state index < -0.39 is 12.1 Å². The summed E-state index contributed by atoms with van der Waals surface area (Å²) in [5.41, 5.74) is 0. The average Bonchev–Trinajstić information content (AvgIpc) is 2.15. The van der Waals surface area contributed by atoms with Crippen LogP contribution < -0.4 is 0 Å². The van der Waals surface area contributed by atoms with Crippen molar-refractivity contribution >= 4 is 0 Å². The van der Waals surface area contributed by atoms with Gasteiger partial charge in [0.1, 0.15) is 6.10 Å². The molecule has 1 heterocycles. The molecule has 53 valence electrons. The van der Waals surface area contributed by atoms with Crippen molar-refractivity contribution in [2.75, 3.05) is 7.11 Å². The van der Waals surface area contributed by atoms with Crippen molar-refractivity contribution in [1.82, 2.24) is 0 Å². The summed E-state index contributed by atoms with van der Waals surface area (Å²) in [6.07, 6.45) is -0.674. The fourth-order valence-electron chi connectivity index (χ4n) is 0.670. The molecule has 4 heteroatoms. The van der Waals surface area contributed by atoms with Crippen LogP contribution in [0.3, 0.4) is 0 Å². The molecule has 0 spiro atoms. The number of aliphatic hydroxyl groups excluding tert-OH is 1. The summed E-state index contributed by atoms with van der Waals surface area (Å²) >= 11 is 0. The maximum atomic E-state index is 9.04. The van der Waals surface area contributed by atoms with E-state index in [0.29, 0.717) is 6.42 Å². The topological polar surface area (TPSA) is 58.9 Å². The van der Waals surface area contributed by atoms with Crippen LogP contribution in [0.4, 0.5) is 0 Å². The van der Waals surface area contributed by atoms with Crippen molar-refractivity contribution in [2.45, 2.75) is 18.5 Å². The van der Waals surface area contributed by atoms with Crippen molar-refractivity contribution in [2.24, 2.45) is 0 Å². The summed E-state index contributed by atoms with van der Waals surface area (Å²) in [7, 11) is 1.27. The first-order valence-electron chi connectivity index (χ1n) is 2.64. The predicted molar refractivity (Wildman–Crippen MR) is 28.0 cm³/mol. The van der Waals surface area contributed by atoms with Gasteiger partial charge in [0.05, 0.1) is 6.61 Å². The standard InChI is InChI=1S/C5H9O4/c1-8-5(7)4(6)2-3-9-5/h3-4,6-7H,2H2,1H3. The minimum atomic E-state index is -1.81. The molecule has 1 fully saturated rings. The zero-order valence-electron chi connectivity index (χ0n) is 5.07. The van der Waals surface area contributed by atoms with Crippen molar-refractivity contribution in [3.05, 3.63) is 6.61 Å². The zero-order chi connectivity index (χ0) is 6.91. The molecule has 2 atom stereocenters. The Balaban J connectivity index is 2.56. The molecule has 2 unspecified atom stereocenters. The minimum Gasteiger partial charge on any atom is -0.385 e. The van der Waals surface area contributed by atoms with Crippen LogP contribution in [0.5, 0.6) is 0 Å². The quantitative estimate of drug-likeness (QED) is 0.461. The van der Waals surface area contributed by atoms with Crippen LogP contribution in [0.15, 0.2) is 0 Å². The van der Waals surface area contributed by atoms with Gasteiger partial charge in [-0.2, -0.15) is 0 Å². The highest BCUT2D eigenvalue weighted by atomic mass is 16.8. The van der Waals surface area contributed by atoms with Gasteiger partial charge in [-0.1, -0.05) is 0 Å². The highest BCUT2D eigenvalue weighted by Crippen LogP contribution is 2.25. The molecule has 0 aromatic carbocycles. The van der Waals surface area contributed by atoms with Gasteiger partial charge in [-0.25, -0.2) is 0 Å². The second-order valence-corrected chi connectivity index (χ2v) is 1.87. The number of methoxy groups -OCH3 is 1. The number of ether oxygens (including phenoxy) is 2. The molecule has 0 aromatic heterocycles. The summed E-state index contributed by atoms with van der Waals surface area (Å²) in [6.45, 7) is 1.31. The van der Waals surface area contributed by atoms with Gasteiger partial charge in [0.2, 0.25) is 0 Å². The van der Waals surface area contributed by atoms with E-state index in [2.05, 4.69) is 9.47 Å². The van der Waals surface area contributed by atoms with E-state index in [4.69, 9.17) is 10.2 Å². The average molecular weight is 133 g/mol. The van der Waals surface area contributed by atoms with E-state index in [1.54, 1.807) is 0 Å². The first kappa shape index (κ1) is 6.95. The molecular formula is C5H9O4. The summed E-state index contributed by atoms with van der Waals surface area (Å²) in [5.74, 6) is -1.81. The third kappa shape index (κ3) is 1.07. The SMILES string of the molecule is COC1(O)O[CH]CC1O. The molecule has 0 amide bonds. The normalized spacial score (nSPS) is 43.7. The van der Waals surface area contributed by atoms with E-state index >= 15 is 0 Å². The Morgan fingerprint density at radius 3 is 2.78 bits per heavy atom. The Bertz CT molecular complexity index is 105. The molecule has 1 radical (unpaired) electrons. The van der Waals surface area contributed by atoms with E-state index in [1.165, 1.54) is 13.7 Å². The van der Waals surface area contributed by atoms with Crippen molar-refractivity contribution in [3.8, 4) is 0 Å². The summed E-state index contributed by atoms with van der Waals surface area (Å²) < 4.78 is 9.02. The molecule has 4 nitrogen and oxygen atoms in total. The molecule has 1 saturated heterocycles. The molecule has 0 aliphatic carbocycles. The lowest BCUT2D eigenvalue weighted by Gasteiger charge is -2.21. The van der Waals surface area contributed by atoms with Gasteiger partial charge in [0, 0.05) is 13.5 Å². The number of rotatable bonds is 1. The van der Waals surface area contributed by atoms with Crippen LogP contribution in [0, 0.1) is 6.61 Å². The predicted octanol–water partition coefficient (Wildman–Crippen LogP) is -0.778. The fourth-order valence-corrected chi connectivity index (χ4v) is 0.670. The Hall–Kier alpha value is -0.160. The van der Waals surface area contributed by atoms with Crippen LogP contribution in [-0.4, -0.2) is 29.4 Å². The molecule has 9 heavy (non-hydrogen) atoms.